The summed E-state index contributed by atoms with van der Waals surface area (Å²) in [5.74, 6) is 0.302. The fraction of sp³-hybridized carbons (Fsp3) is 0.143. The number of aryl methyl sites for hydroxylation is 1. The molecule has 0 unspecified atom stereocenters. The molecular formula is C21H19N5O3. The molecule has 146 valence electrons. The monoisotopic (exact) mass is 389 g/mol. The van der Waals surface area contributed by atoms with E-state index in [-0.39, 0.29) is 22.0 Å². The first kappa shape index (κ1) is 18.4. The largest absolute Gasteiger partial charge is 0.497 e. The average molecular weight is 389 g/mol. The molecule has 0 saturated heterocycles. The number of fused-ring (bicyclic) bond motifs is 2. The predicted octanol–water partition coefficient (Wildman–Crippen LogP) is 1.60. The molecule has 1 aromatic carbocycles. The van der Waals surface area contributed by atoms with Crippen molar-refractivity contribution in [3.8, 4) is 5.75 Å². The van der Waals surface area contributed by atoms with Crippen LogP contribution in [-0.2, 0) is 13.6 Å². The number of aromatic nitrogens is 3. The van der Waals surface area contributed by atoms with E-state index in [9.17, 15) is 9.59 Å². The number of methoxy groups -OCH3 is 1. The number of carbonyl (C=O) groups is 1. The Kier molecular flexibility index (Phi) is 4.59. The second-order valence-electron chi connectivity index (χ2n) is 6.58. The summed E-state index contributed by atoms with van der Waals surface area (Å²) in [5, 5.41) is 11.4. The van der Waals surface area contributed by atoms with Gasteiger partial charge in [0.25, 0.3) is 11.5 Å². The zero-order valence-corrected chi connectivity index (χ0v) is 16.0. The Morgan fingerprint density at radius 3 is 2.69 bits per heavy atom. The summed E-state index contributed by atoms with van der Waals surface area (Å²) < 4.78 is 8.00. The van der Waals surface area contributed by atoms with Crippen LogP contribution in [0.2, 0.25) is 0 Å². The molecule has 0 atom stereocenters. The highest BCUT2D eigenvalue weighted by atomic mass is 16.5. The van der Waals surface area contributed by atoms with Crippen molar-refractivity contribution < 1.29 is 9.53 Å². The number of carbonyl (C=O) groups excluding carboxylic acids is 1. The van der Waals surface area contributed by atoms with Crippen molar-refractivity contribution in [2.45, 2.75) is 6.54 Å². The molecule has 0 aliphatic carbocycles. The van der Waals surface area contributed by atoms with Gasteiger partial charge in [0, 0.05) is 19.8 Å². The zero-order valence-electron chi connectivity index (χ0n) is 16.0. The van der Waals surface area contributed by atoms with Crippen molar-refractivity contribution in [3.05, 3.63) is 81.7 Å². The van der Waals surface area contributed by atoms with Crippen molar-refractivity contribution in [2.24, 2.45) is 7.05 Å². The zero-order chi connectivity index (χ0) is 20.5. The highest BCUT2D eigenvalue weighted by Gasteiger charge is 2.15. The number of pyridine rings is 2. The quantitative estimate of drug-likeness (QED) is 0.518. The first-order chi connectivity index (χ1) is 14.0. The first-order valence-electron chi connectivity index (χ1n) is 8.96. The molecule has 8 heteroatoms. The van der Waals surface area contributed by atoms with E-state index < -0.39 is 5.91 Å². The van der Waals surface area contributed by atoms with Crippen LogP contribution in [0.15, 0.2) is 59.5 Å². The lowest BCUT2D eigenvalue weighted by molar-refractivity contribution is 0.0948. The van der Waals surface area contributed by atoms with Gasteiger partial charge in [0.2, 0.25) is 0 Å². The van der Waals surface area contributed by atoms with Crippen LogP contribution in [0.25, 0.3) is 16.7 Å². The Labute approximate surface area is 165 Å². The molecule has 2 N–H and O–H groups in total. The molecule has 3 heterocycles. The number of nitrogens with one attached hydrogen (secondary N) is 2. The van der Waals surface area contributed by atoms with Crippen LogP contribution in [0.3, 0.4) is 0 Å². The summed E-state index contributed by atoms with van der Waals surface area (Å²) >= 11 is 0. The van der Waals surface area contributed by atoms with Gasteiger partial charge in [-0.3, -0.25) is 19.4 Å². The van der Waals surface area contributed by atoms with E-state index in [1.54, 1.807) is 38.6 Å². The van der Waals surface area contributed by atoms with Crippen LogP contribution >= 0.6 is 0 Å². The summed E-state index contributed by atoms with van der Waals surface area (Å²) in [4.78, 5) is 30.1. The minimum absolute atomic E-state index is 0.0167. The second-order valence-corrected chi connectivity index (χ2v) is 6.58. The Hall–Kier alpha value is -3.94. The Bertz CT molecular complexity index is 1350. The molecule has 0 saturated carbocycles. The van der Waals surface area contributed by atoms with Gasteiger partial charge in [-0.05, 0) is 35.9 Å². The average Bonchev–Trinajstić information content (AvgIpc) is 2.75. The lowest BCUT2D eigenvalue weighted by Gasteiger charge is -2.11. The molecule has 3 aromatic heterocycles. The minimum Gasteiger partial charge on any atom is -0.497 e. The van der Waals surface area contributed by atoms with Crippen molar-refractivity contribution in [3.63, 3.8) is 0 Å². The maximum atomic E-state index is 12.9. The van der Waals surface area contributed by atoms with E-state index in [1.165, 1.54) is 15.0 Å². The number of hydrogen-bond acceptors (Lipinski definition) is 5. The van der Waals surface area contributed by atoms with E-state index >= 15 is 0 Å². The van der Waals surface area contributed by atoms with Crippen molar-refractivity contribution in [1.29, 1.82) is 5.41 Å². The summed E-state index contributed by atoms with van der Waals surface area (Å²) in [7, 11) is 3.21. The molecule has 29 heavy (non-hydrogen) atoms. The molecular weight excluding hydrogens is 370 g/mol. The summed E-state index contributed by atoms with van der Waals surface area (Å²) in [5.41, 5.74) is 1.55. The summed E-state index contributed by atoms with van der Waals surface area (Å²) in [6.07, 6.45) is 1.63. The standard InChI is InChI=1S/C21H19N5O3/c1-25-18(22)15(20(27)23-12-13-6-8-14(29-2)9-7-13)11-16-19(25)24-17-5-3-4-10-26(17)21(16)28/h3-11,22H,12H2,1-2H3,(H,23,27). The maximum absolute atomic E-state index is 12.9. The molecule has 0 radical (unpaired) electrons. The molecule has 0 bridgehead atoms. The minimum atomic E-state index is -0.430. The fourth-order valence-electron chi connectivity index (χ4n) is 3.17. The molecule has 0 aliphatic heterocycles. The third kappa shape index (κ3) is 3.25. The van der Waals surface area contributed by atoms with Crippen LogP contribution in [0.4, 0.5) is 0 Å². The molecule has 0 aliphatic rings. The number of benzene rings is 1. The number of amides is 1. The summed E-state index contributed by atoms with van der Waals surface area (Å²) in [6.45, 7) is 0.291. The SMILES string of the molecule is COc1ccc(CNC(=O)c2cc3c(=O)n4ccccc4nc3n(C)c2=N)cc1. The second kappa shape index (κ2) is 7.23. The van der Waals surface area contributed by atoms with Gasteiger partial charge in [-0.25, -0.2) is 4.98 Å². The van der Waals surface area contributed by atoms with E-state index in [4.69, 9.17) is 10.1 Å². The molecule has 4 rings (SSSR count). The number of hydrogen-bond donors (Lipinski definition) is 2. The number of nitrogens with zero attached hydrogens (tertiary/aromatic N) is 3. The van der Waals surface area contributed by atoms with Gasteiger partial charge >= 0.3 is 0 Å². The Morgan fingerprint density at radius 2 is 1.97 bits per heavy atom. The lowest BCUT2D eigenvalue weighted by atomic mass is 10.1. The van der Waals surface area contributed by atoms with Crippen molar-refractivity contribution >= 4 is 22.6 Å². The Balaban J connectivity index is 1.72. The van der Waals surface area contributed by atoms with Gasteiger partial charge in [-0.15, -0.1) is 0 Å². The summed E-state index contributed by atoms with van der Waals surface area (Å²) in [6, 6.07) is 14.0. The van der Waals surface area contributed by atoms with Crippen molar-refractivity contribution in [2.75, 3.05) is 7.11 Å². The Morgan fingerprint density at radius 1 is 1.21 bits per heavy atom. The maximum Gasteiger partial charge on any atom is 0.267 e. The molecule has 0 spiro atoms. The smallest absolute Gasteiger partial charge is 0.267 e. The third-order valence-corrected chi connectivity index (χ3v) is 4.80. The van der Waals surface area contributed by atoms with Crippen LogP contribution in [0, 0.1) is 5.41 Å². The van der Waals surface area contributed by atoms with E-state index in [0.717, 1.165) is 11.3 Å². The molecule has 1 amide bonds. The highest BCUT2D eigenvalue weighted by molar-refractivity contribution is 5.96. The fourth-order valence-corrected chi connectivity index (χ4v) is 3.17. The van der Waals surface area contributed by atoms with E-state index in [1.807, 2.05) is 24.3 Å². The van der Waals surface area contributed by atoms with Crippen LogP contribution in [0.1, 0.15) is 15.9 Å². The normalized spacial score (nSPS) is 11.0. The van der Waals surface area contributed by atoms with Gasteiger partial charge < -0.3 is 14.6 Å². The third-order valence-electron chi connectivity index (χ3n) is 4.80. The predicted molar refractivity (Wildman–Crippen MR) is 108 cm³/mol. The van der Waals surface area contributed by atoms with Crippen LogP contribution in [0.5, 0.6) is 5.75 Å². The van der Waals surface area contributed by atoms with Gasteiger partial charge in [-0.2, -0.15) is 0 Å². The van der Waals surface area contributed by atoms with E-state index in [2.05, 4.69) is 10.3 Å². The molecule has 4 aromatic rings. The van der Waals surface area contributed by atoms with Crippen LogP contribution < -0.4 is 21.1 Å². The van der Waals surface area contributed by atoms with Gasteiger partial charge in [0.1, 0.15) is 22.5 Å². The lowest BCUT2D eigenvalue weighted by Crippen LogP contribution is -2.33. The number of ether oxygens (including phenoxy) is 1. The van der Waals surface area contributed by atoms with E-state index in [0.29, 0.717) is 17.8 Å². The molecule has 8 nitrogen and oxygen atoms in total. The van der Waals surface area contributed by atoms with Gasteiger partial charge in [0.15, 0.2) is 0 Å². The molecule has 0 fully saturated rings. The number of rotatable bonds is 4. The van der Waals surface area contributed by atoms with Crippen LogP contribution in [-0.4, -0.2) is 27.0 Å². The van der Waals surface area contributed by atoms with Crippen molar-refractivity contribution in [1.82, 2.24) is 19.3 Å². The topological polar surface area (TPSA) is 101 Å². The van der Waals surface area contributed by atoms with Gasteiger partial charge in [-0.1, -0.05) is 18.2 Å². The first-order valence-corrected chi connectivity index (χ1v) is 8.96. The van der Waals surface area contributed by atoms with Gasteiger partial charge in [0.05, 0.1) is 18.1 Å². The highest BCUT2D eigenvalue weighted by Crippen LogP contribution is 2.12.